The Kier molecular flexibility index (Phi) is 4.91. The van der Waals surface area contributed by atoms with E-state index < -0.39 is 13.5 Å². The second-order valence-electron chi connectivity index (χ2n) is 2.09. The van der Waals surface area contributed by atoms with Crippen molar-refractivity contribution >= 4 is 7.14 Å². The summed E-state index contributed by atoms with van der Waals surface area (Å²) in [6.45, 7) is -0.393. The van der Waals surface area contributed by atoms with Gasteiger partial charge in [0.1, 0.15) is 7.14 Å². The van der Waals surface area contributed by atoms with Crippen LogP contribution in [0.4, 0.5) is 0 Å². The van der Waals surface area contributed by atoms with Gasteiger partial charge in [0.2, 0.25) is 0 Å². The quantitative estimate of drug-likeness (QED) is 0.473. The molecule has 0 amide bonds. The van der Waals surface area contributed by atoms with E-state index in [0.29, 0.717) is 0 Å². The molecule has 0 rings (SSSR count). The van der Waals surface area contributed by atoms with E-state index in [1.165, 1.54) is 0 Å². The van der Waals surface area contributed by atoms with E-state index >= 15 is 0 Å². The molecule has 0 radical (unpaired) electrons. The number of aliphatic hydroxyl groups is 3. The smallest absolute Gasteiger partial charge is 0.116 e. The predicted molar refractivity (Wildman–Crippen MR) is 38.6 cm³/mol. The highest BCUT2D eigenvalue weighted by Gasteiger charge is 2.18. The second kappa shape index (κ2) is 4.85. The van der Waals surface area contributed by atoms with E-state index in [4.69, 9.17) is 15.3 Å². The van der Waals surface area contributed by atoms with Crippen LogP contribution in [-0.4, -0.2) is 47.2 Å². The van der Waals surface area contributed by atoms with Crippen LogP contribution in [-0.2, 0) is 4.57 Å². The Morgan fingerprint density at radius 3 is 1.60 bits per heavy atom. The van der Waals surface area contributed by atoms with Crippen LogP contribution in [0, 0.1) is 0 Å². The number of aliphatic hydroxyl groups excluding tert-OH is 3. The molecule has 0 aromatic rings. The molecule has 62 valence electrons. The fourth-order valence-electron chi connectivity index (χ4n) is 0.618. The van der Waals surface area contributed by atoms with Gasteiger partial charge >= 0.3 is 0 Å². The van der Waals surface area contributed by atoms with Gasteiger partial charge in [0, 0.05) is 25.5 Å². The summed E-state index contributed by atoms with van der Waals surface area (Å²) in [7, 11) is -2.64. The van der Waals surface area contributed by atoms with Crippen molar-refractivity contribution in [1.82, 2.24) is 0 Å². The van der Waals surface area contributed by atoms with Crippen molar-refractivity contribution in [2.75, 3.05) is 31.9 Å². The lowest BCUT2D eigenvalue weighted by Crippen LogP contribution is -2.05. The Morgan fingerprint density at radius 2 is 1.40 bits per heavy atom. The summed E-state index contributed by atoms with van der Waals surface area (Å²) in [5.74, 6) is 0. The van der Waals surface area contributed by atoms with Crippen molar-refractivity contribution in [1.29, 1.82) is 0 Å². The van der Waals surface area contributed by atoms with Gasteiger partial charge in [-0.1, -0.05) is 0 Å². The van der Waals surface area contributed by atoms with Gasteiger partial charge < -0.3 is 19.9 Å². The van der Waals surface area contributed by atoms with Crippen LogP contribution in [0.1, 0.15) is 0 Å². The third kappa shape index (κ3) is 3.32. The Balaban J connectivity index is 3.83. The van der Waals surface area contributed by atoms with Gasteiger partial charge in [-0.25, -0.2) is 0 Å². The number of hydrogen-bond acceptors (Lipinski definition) is 4. The Morgan fingerprint density at radius 1 is 1.00 bits per heavy atom. The van der Waals surface area contributed by atoms with Crippen molar-refractivity contribution in [2.45, 2.75) is 0 Å². The first kappa shape index (κ1) is 10.1. The molecule has 10 heavy (non-hydrogen) atoms. The molecular formula is C5H13O4P. The molecule has 0 spiro atoms. The summed E-state index contributed by atoms with van der Waals surface area (Å²) >= 11 is 0. The van der Waals surface area contributed by atoms with Gasteiger partial charge in [0.15, 0.2) is 0 Å². The maximum absolute atomic E-state index is 11.2. The molecule has 5 heteroatoms. The minimum absolute atomic E-state index is 0.101. The van der Waals surface area contributed by atoms with Gasteiger partial charge in [-0.2, -0.15) is 0 Å². The van der Waals surface area contributed by atoms with Crippen molar-refractivity contribution in [3.63, 3.8) is 0 Å². The lowest BCUT2D eigenvalue weighted by atomic mass is 10.9. The Labute approximate surface area is 59.9 Å². The van der Waals surface area contributed by atoms with Crippen molar-refractivity contribution < 1.29 is 19.9 Å². The fraction of sp³-hybridized carbons (Fsp3) is 1.00. The molecule has 0 aliphatic carbocycles. The molecule has 0 saturated heterocycles. The first-order valence-electron chi connectivity index (χ1n) is 3.08. The van der Waals surface area contributed by atoms with Crippen molar-refractivity contribution in [3.8, 4) is 0 Å². The lowest BCUT2D eigenvalue weighted by molar-refractivity contribution is 0.303. The lowest BCUT2D eigenvalue weighted by Gasteiger charge is -2.11. The van der Waals surface area contributed by atoms with Gasteiger partial charge in [0.25, 0.3) is 0 Å². The molecule has 0 fully saturated rings. The monoisotopic (exact) mass is 168 g/mol. The highest BCUT2D eigenvalue weighted by molar-refractivity contribution is 7.63. The van der Waals surface area contributed by atoms with Gasteiger partial charge in [0.05, 0.1) is 6.35 Å². The second-order valence-corrected chi connectivity index (χ2v) is 5.39. The predicted octanol–water partition coefficient (Wildman–Crippen LogP) is -0.716. The molecule has 0 aliphatic rings. The van der Waals surface area contributed by atoms with Crippen LogP contribution in [0.5, 0.6) is 0 Å². The molecule has 4 nitrogen and oxygen atoms in total. The molecule has 0 atom stereocenters. The van der Waals surface area contributed by atoms with E-state index in [2.05, 4.69) is 0 Å². The summed E-state index contributed by atoms with van der Waals surface area (Å²) in [4.78, 5) is 0. The fourth-order valence-corrected chi connectivity index (χ4v) is 1.85. The van der Waals surface area contributed by atoms with E-state index in [9.17, 15) is 4.57 Å². The zero-order valence-electron chi connectivity index (χ0n) is 5.73. The van der Waals surface area contributed by atoms with Gasteiger partial charge in [-0.15, -0.1) is 0 Å². The molecule has 0 unspecified atom stereocenters. The molecule has 3 N–H and O–H groups in total. The average molecular weight is 168 g/mol. The van der Waals surface area contributed by atoms with Crippen molar-refractivity contribution in [2.24, 2.45) is 0 Å². The van der Waals surface area contributed by atoms with Gasteiger partial charge in [-0.05, 0) is 0 Å². The molecule has 0 saturated carbocycles. The third-order valence-corrected chi connectivity index (χ3v) is 3.82. The normalized spacial score (nSPS) is 11.9. The van der Waals surface area contributed by atoms with Crippen molar-refractivity contribution in [3.05, 3.63) is 0 Å². The van der Waals surface area contributed by atoms with E-state index in [-0.39, 0.29) is 25.5 Å². The highest BCUT2D eigenvalue weighted by Crippen LogP contribution is 2.42. The van der Waals surface area contributed by atoms with E-state index in [1.54, 1.807) is 0 Å². The molecule has 0 aromatic heterocycles. The summed E-state index contributed by atoms with van der Waals surface area (Å²) in [5.41, 5.74) is 0. The van der Waals surface area contributed by atoms with Gasteiger partial charge in [-0.3, -0.25) is 0 Å². The average Bonchev–Trinajstić information content (AvgIpc) is 1.89. The summed E-state index contributed by atoms with van der Waals surface area (Å²) < 4.78 is 11.2. The number of hydrogen-bond donors (Lipinski definition) is 3. The standard InChI is InChI=1S/C5H13O4P/c6-1-3-10(9,5-8)4-2-7/h6-8H,1-5H2. The third-order valence-electron chi connectivity index (χ3n) is 1.27. The largest absolute Gasteiger partial charge is 0.396 e. The molecular weight excluding hydrogens is 155 g/mol. The van der Waals surface area contributed by atoms with Crippen LogP contribution in [0.15, 0.2) is 0 Å². The van der Waals surface area contributed by atoms with Crippen LogP contribution >= 0.6 is 7.14 Å². The van der Waals surface area contributed by atoms with Crippen LogP contribution in [0.25, 0.3) is 0 Å². The highest BCUT2D eigenvalue weighted by atomic mass is 31.2. The maximum Gasteiger partial charge on any atom is 0.116 e. The van der Waals surface area contributed by atoms with Crippen LogP contribution in [0.3, 0.4) is 0 Å². The molecule has 0 aliphatic heterocycles. The Hall–Kier alpha value is 0.110. The molecule has 0 heterocycles. The first-order valence-corrected chi connectivity index (χ1v) is 5.34. The Bertz CT molecular complexity index is 115. The zero-order valence-corrected chi connectivity index (χ0v) is 6.63. The minimum Gasteiger partial charge on any atom is -0.396 e. The summed E-state index contributed by atoms with van der Waals surface area (Å²) in [6.07, 6.45) is -0.220. The maximum atomic E-state index is 11.2. The minimum atomic E-state index is -2.64. The SMILES string of the molecule is O=P(CO)(CCO)CCO. The van der Waals surface area contributed by atoms with E-state index in [0.717, 1.165) is 0 Å². The first-order chi connectivity index (χ1) is 4.68. The number of rotatable bonds is 5. The van der Waals surface area contributed by atoms with Crippen LogP contribution < -0.4 is 0 Å². The summed E-state index contributed by atoms with van der Waals surface area (Å²) in [5, 5.41) is 25.4. The van der Waals surface area contributed by atoms with Crippen LogP contribution in [0.2, 0.25) is 0 Å². The zero-order chi connectivity index (χ0) is 8.04. The van der Waals surface area contributed by atoms with E-state index in [1.807, 2.05) is 0 Å². The topological polar surface area (TPSA) is 77.8 Å². The summed E-state index contributed by atoms with van der Waals surface area (Å²) in [6, 6.07) is 0. The molecule has 0 bridgehead atoms. The molecule has 0 aromatic carbocycles.